The minimum absolute atomic E-state index is 0.000520. The standard InChI is InChI=1S/C8H14N2P4/c1-5-4-6-7(10-3-2-9-6)8(5)14(12)13-11/h2-3,5,8,13H,4,11-12H2,1H3. The lowest BCUT2D eigenvalue weighted by Crippen LogP contribution is -1.98. The van der Waals surface area contributed by atoms with E-state index in [9.17, 15) is 0 Å². The van der Waals surface area contributed by atoms with Crippen molar-refractivity contribution in [1.29, 1.82) is 0 Å². The van der Waals surface area contributed by atoms with E-state index in [4.69, 9.17) is 0 Å². The smallest absolute Gasteiger partial charge is 0.0701 e. The Bertz CT molecular complexity index is 329. The maximum Gasteiger partial charge on any atom is 0.0701 e. The minimum atomic E-state index is -0.000520. The molecule has 6 heteroatoms. The Morgan fingerprint density at radius 2 is 2.21 bits per heavy atom. The third-order valence-corrected chi connectivity index (χ3v) is 13.6. The molecule has 14 heavy (non-hydrogen) atoms. The Balaban J connectivity index is 2.34. The highest BCUT2D eigenvalue weighted by Crippen LogP contribution is 2.76. The van der Waals surface area contributed by atoms with E-state index < -0.39 is 0 Å². The Kier molecular flexibility index (Phi) is 3.84. The molecule has 0 saturated heterocycles. The lowest BCUT2D eigenvalue weighted by Gasteiger charge is -2.21. The molecule has 0 radical (unpaired) electrons. The van der Waals surface area contributed by atoms with Crippen molar-refractivity contribution in [3.05, 3.63) is 23.8 Å². The van der Waals surface area contributed by atoms with Gasteiger partial charge >= 0.3 is 0 Å². The van der Waals surface area contributed by atoms with Crippen LogP contribution in [0.3, 0.4) is 0 Å². The van der Waals surface area contributed by atoms with Crippen molar-refractivity contribution in [2.24, 2.45) is 5.92 Å². The summed E-state index contributed by atoms with van der Waals surface area (Å²) in [5.41, 5.74) is 3.13. The van der Waals surface area contributed by atoms with E-state index in [0.29, 0.717) is 11.6 Å². The molecule has 0 fully saturated rings. The molecule has 6 unspecified atom stereocenters. The highest BCUT2D eigenvalue weighted by molar-refractivity contribution is 8.61. The molecule has 0 N–H and O–H groups in total. The third-order valence-electron chi connectivity index (χ3n) is 2.59. The monoisotopic (exact) mass is 262 g/mol. The fraction of sp³-hybridized carbons (Fsp3) is 0.500. The summed E-state index contributed by atoms with van der Waals surface area (Å²) in [6.45, 7) is 2.32. The van der Waals surface area contributed by atoms with Gasteiger partial charge in [0.25, 0.3) is 0 Å². The van der Waals surface area contributed by atoms with E-state index in [2.05, 4.69) is 34.7 Å². The van der Waals surface area contributed by atoms with Gasteiger partial charge in [-0.3, -0.25) is 9.97 Å². The van der Waals surface area contributed by atoms with Crippen LogP contribution in [0.25, 0.3) is 0 Å². The number of hydrogen-bond donors (Lipinski definition) is 0. The molecule has 76 valence electrons. The lowest BCUT2D eigenvalue weighted by molar-refractivity contribution is 0.606. The quantitative estimate of drug-likeness (QED) is 0.763. The normalized spacial score (nSPS) is 28.2. The van der Waals surface area contributed by atoms with Gasteiger partial charge in [-0.25, -0.2) is 0 Å². The van der Waals surface area contributed by atoms with E-state index in [1.54, 1.807) is 0 Å². The summed E-state index contributed by atoms with van der Waals surface area (Å²) >= 11 is 0. The first-order valence-electron chi connectivity index (χ1n) is 4.54. The lowest BCUT2D eigenvalue weighted by atomic mass is 10.1. The Morgan fingerprint density at radius 3 is 2.93 bits per heavy atom. The molecule has 2 rings (SSSR count). The maximum absolute atomic E-state index is 4.50. The van der Waals surface area contributed by atoms with E-state index in [1.165, 1.54) is 11.4 Å². The summed E-state index contributed by atoms with van der Waals surface area (Å²) in [6, 6.07) is 0. The van der Waals surface area contributed by atoms with Crippen molar-refractivity contribution in [1.82, 2.24) is 9.97 Å². The zero-order valence-electron chi connectivity index (χ0n) is 8.01. The topological polar surface area (TPSA) is 25.8 Å². The second-order valence-corrected chi connectivity index (χ2v) is 13.0. The van der Waals surface area contributed by atoms with E-state index in [0.717, 1.165) is 14.4 Å². The molecule has 0 bridgehead atoms. The zero-order valence-corrected chi connectivity index (χ0v) is 12.2. The van der Waals surface area contributed by atoms with Crippen molar-refractivity contribution in [2.75, 3.05) is 0 Å². The molecule has 1 aliphatic rings. The van der Waals surface area contributed by atoms with Crippen molar-refractivity contribution < 1.29 is 0 Å². The van der Waals surface area contributed by atoms with Gasteiger partial charge in [0.05, 0.1) is 11.4 Å². The van der Waals surface area contributed by atoms with Crippen molar-refractivity contribution >= 4 is 33.1 Å². The number of aromatic nitrogens is 2. The molecule has 0 saturated carbocycles. The van der Waals surface area contributed by atoms with Crippen molar-refractivity contribution in [3.8, 4) is 0 Å². The van der Waals surface area contributed by atoms with Gasteiger partial charge in [0, 0.05) is 18.1 Å². The van der Waals surface area contributed by atoms with Crippen LogP contribution < -0.4 is 0 Å². The third kappa shape index (κ3) is 2.01. The second-order valence-electron chi connectivity index (χ2n) is 3.55. The fourth-order valence-electron chi connectivity index (χ4n) is 1.95. The van der Waals surface area contributed by atoms with Gasteiger partial charge in [0.1, 0.15) is 0 Å². The largest absolute Gasteiger partial charge is 0.258 e. The first-order chi connectivity index (χ1) is 6.74. The summed E-state index contributed by atoms with van der Waals surface area (Å²) in [5.74, 6) is 0.712. The second kappa shape index (κ2) is 4.76. The van der Waals surface area contributed by atoms with Gasteiger partial charge in [-0.1, -0.05) is 22.2 Å². The average Bonchev–Trinajstić information content (AvgIpc) is 2.53. The predicted octanol–water partition coefficient (Wildman–Crippen LogP) is 3.37. The van der Waals surface area contributed by atoms with Crippen LogP contribution in [0.5, 0.6) is 0 Å². The number of nitrogens with zero attached hydrogens (tertiary/aromatic N) is 2. The Labute approximate surface area is 92.1 Å². The molecule has 0 aromatic carbocycles. The van der Waals surface area contributed by atoms with Crippen LogP contribution in [-0.2, 0) is 6.42 Å². The number of fused-ring (bicyclic) bond motifs is 1. The van der Waals surface area contributed by atoms with Crippen LogP contribution >= 0.6 is 33.1 Å². The van der Waals surface area contributed by atoms with Gasteiger partial charge in [0.2, 0.25) is 0 Å². The minimum Gasteiger partial charge on any atom is -0.258 e. The molecule has 6 atom stereocenters. The summed E-state index contributed by atoms with van der Waals surface area (Å²) < 4.78 is 0. The molecule has 1 aromatic rings. The molecule has 2 nitrogen and oxygen atoms in total. The van der Waals surface area contributed by atoms with E-state index >= 15 is 0 Å². The molecule has 0 spiro atoms. The summed E-state index contributed by atoms with van der Waals surface area (Å²) in [5, 5.41) is 0. The van der Waals surface area contributed by atoms with Crippen molar-refractivity contribution in [2.45, 2.75) is 19.0 Å². The summed E-state index contributed by atoms with van der Waals surface area (Å²) in [7, 11) is 6.82. The molecule has 0 aliphatic heterocycles. The number of rotatable bonds is 2. The average molecular weight is 262 g/mol. The van der Waals surface area contributed by atoms with E-state index in [1.807, 2.05) is 12.4 Å². The predicted molar refractivity (Wildman–Crippen MR) is 72.3 cm³/mol. The number of hydrogen-bond acceptors (Lipinski definition) is 2. The van der Waals surface area contributed by atoms with Gasteiger partial charge in [0.15, 0.2) is 0 Å². The molecular formula is C8H14N2P4. The highest BCUT2D eigenvalue weighted by atomic mass is 32.6. The van der Waals surface area contributed by atoms with Gasteiger partial charge in [-0.05, 0) is 12.3 Å². The molecule has 1 aliphatic carbocycles. The highest BCUT2D eigenvalue weighted by Gasteiger charge is 2.34. The van der Waals surface area contributed by atoms with Crippen LogP contribution in [-0.4, -0.2) is 9.97 Å². The summed E-state index contributed by atoms with van der Waals surface area (Å²) in [4.78, 5) is 8.91. The first kappa shape index (κ1) is 11.3. The van der Waals surface area contributed by atoms with E-state index in [-0.39, 0.29) is 7.30 Å². The molecule has 1 aromatic heterocycles. The van der Waals surface area contributed by atoms with Gasteiger partial charge in [-0.2, -0.15) is 0 Å². The molecule has 1 heterocycles. The molecule has 0 amide bonds. The van der Waals surface area contributed by atoms with Crippen LogP contribution in [0.15, 0.2) is 12.4 Å². The van der Waals surface area contributed by atoms with Crippen LogP contribution in [0.2, 0.25) is 0 Å². The zero-order chi connectivity index (χ0) is 10.1. The first-order valence-corrected chi connectivity index (χ1v) is 11.2. The van der Waals surface area contributed by atoms with Gasteiger partial charge in [-0.15, -0.1) is 17.9 Å². The van der Waals surface area contributed by atoms with Gasteiger partial charge < -0.3 is 0 Å². The van der Waals surface area contributed by atoms with Crippen LogP contribution in [0.1, 0.15) is 24.0 Å². The SMILES string of the molecule is CC1Cc2nccnc2C1P(P)PP. The summed E-state index contributed by atoms with van der Waals surface area (Å²) in [6.07, 6.45) is 4.74. The Morgan fingerprint density at radius 1 is 1.50 bits per heavy atom. The van der Waals surface area contributed by atoms with Crippen LogP contribution in [0, 0.1) is 5.92 Å². The van der Waals surface area contributed by atoms with Crippen LogP contribution in [0.4, 0.5) is 0 Å². The fourth-order valence-corrected chi connectivity index (χ4v) is 7.61. The molecular weight excluding hydrogens is 248 g/mol. The maximum atomic E-state index is 4.50. The Hall–Kier alpha value is 0.800. The van der Waals surface area contributed by atoms with Crippen molar-refractivity contribution in [3.63, 3.8) is 0 Å².